The van der Waals surface area contributed by atoms with E-state index in [2.05, 4.69) is 5.16 Å². The summed E-state index contributed by atoms with van der Waals surface area (Å²) in [4.78, 5) is 15.3. The number of hydrogen-bond donors (Lipinski definition) is 1. The lowest BCUT2D eigenvalue weighted by Gasteiger charge is -2.01. The average molecular weight is 207 g/mol. The first kappa shape index (κ1) is 11.2. The lowest BCUT2D eigenvalue weighted by molar-refractivity contribution is -0.129. The maximum absolute atomic E-state index is 10.4. The first-order chi connectivity index (χ1) is 7.09. The number of carboxylic acid groups (broad SMARTS) is 1. The van der Waals surface area contributed by atoms with Crippen LogP contribution in [0.15, 0.2) is 29.4 Å². The zero-order valence-corrected chi connectivity index (χ0v) is 8.73. The second-order valence-corrected chi connectivity index (χ2v) is 3.24. The summed E-state index contributed by atoms with van der Waals surface area (Å²) in [6.45, 7) is 3.65. The molecular weight excluding hydrogens is 194 g/mol. The molecule has 1 aromatic rings. The van der Waals surface area contributed by atoms with Crippen LogP contribution in [0.5, 0.6) is 0 Å². The van der Waals surface area contributed by atoms with E-state index in [-0.39, 0.29) is 12.3 Å². The Morgan fingerprint density at radius 2 is 2.27 bits per heavy atom. The molecule has 15 heavy (non-hydrogen) atoms. The van der Waals surface area contributed by atoms with Gasteiger partial charge in [-0.3, -0.25) is 0 Å². The van der Waals surface area contributed by atoms with Crippen molar-refractivity contribution in [2.75, 3.05) is 0 Å². The van der Waals surface area contributed by atoms with Crippen LogP contribution in [0.25, 0.3) is 0 Å². The highest BCUT2D eigenvalue weighted by atomic mass is 16.6. The van der Waals surface area contributed by atoms with Gasteiger partial charge in [0.25, 0.3) is 0 Å². The summed E-state index contributed by atoms with van der Waals surface area (Å²) in [5.74, 6) is -1.07. The Kier molecular flexibility index (Phi) is 3.85. The van der Waals surface area contributed by atoms with Crippen molar-refractivity contribution in [2.45, 2.75) is 20.5 Å². The Morgan fingerprint density at radius 1 is 1.53 bits per heavy atom. The van der Waals surface area contributed by atoms with Crippen LogP contribution in [-0.4, -0.2) is 16.8 Å². The molecule has 1 N–H and O–H groups in total. The molecule has 0 spiro atoms. The highest BCUT2D eigenvalue weighted by Crippen LogP contribution is 2.05. The second kappa shape index (κ2) is 5.14. The van der Waals surface area contributed by atoms with Crippen LogP contribution >= 0.6 is 0 Å². The fourth-order valence-corrected chi connectivity index (χ4v) is 1.04. The summed E-state index contributed by atoms with van der Waals surface area (Å²) in [7, 11) is 0. The van der Waals surface area contributed by atoms with E-state index in [0.29, 0.717) is 0 Å². The third kappa shape index (κ3) is 3.81. The molecule has 0 saturated heterocycles. The number of oxime groups is 1. The van der Waals surface area contributed by atoms with Gasteiger partial charge in [0.15, 0.2) is 5.71 Å². The number of hydrogen-bond acceptors (Lipinski definition) is 3. The Balaban J connectivity index is 2.51. The monoisotopic (exact) mass is 207 g/mol. The summed E-state index contributed by atoms with van der Waals surface area (Å²) in [6, 6.07) is 7.77. The predicted octanol–water partition coefficient (Wildman–Crippen LogP) is 1.97. The number of nitrogens with zero attached hydrogens (tertiary/aromatic N) is 1. The summed E-state index contributed by atoms with van der Waals surface area (Å²) in [6.07, 6.45) is 0. The van der Waals surface area contributed by atoms with Crippen LogP contribution < -0.4 is 0 Å². The highest BCUT2D eigenvalue weighted by molar-refractivity contribution is 6.34. The minimum Gasteiger partial charge on any atom is -0.477 e. The van der Waals surface area contributed by atoms with Gasteiger partial charge in [-0.15, -0.1) is 0 Å². The number of carboxylic acids is 1. The molecule has 0 bridgehead atoms. The molecule has 0 amide bonds. The van der Waals surface area contributed by atoms with E-state index in [1.807, 2.05) is 31.2 Å². The van der Waals surface area contributed by atoms with Gasteiger partial charge < -0.3 is 9.94 Å². The van der Waals surface area contributed by atoms with Crippen molar-refractivity contribution in [3.8, 4) is 0 Å². The molecule has 0 aliphatic carbocycles. The predicted molar refractivity (Wildman–Crippen MR) is 56.7 cm³/mol. The van der Waals surface area contributed by atoms with Crippen LogP contribution in [-0.2, 0) is 16.2 Å². The minimum atomic E-state index is -1.07. The Morgan fingerprint density at radius 3 is 2.87 bits per heavy atom. The molecule has 0 unspecified atom stereocenters. The molecule has 0 radical (unpaired) electrons. The van der Waals surface area contributed by atoms with E-state index < -0.39 is 5.97 Å². The van der Waals surface area contributed by atoms with Crippen molar-refractivity contribution in [3.05, 3.63) is 35.4 Å². The smallest absolute Gasteiger partial charge is 0.353 e. The molecule has 4 nitrogen and oxygen atoms in total. The molecule has 0 aromatic heterocycles. The molecule has 0 heterocycles. The summed E-state index contributed by atoms with van der Waals surface area (Å²) < 4.78 is 0. The zero-order chi connectivity index (χ0) is 11.3. The van der Waals surface area contributed by atoms with Crippen LogP contribution in [0.3, 0.4) is 0 Å². The maximum atomic E-state index is 10.4. The van der Waals surface area contributed by atoms with Gasteiger partial charge in [0, 0.05) is 0 Å². The molecule has 4 heteroatoms. The average Bonchev–Trinajstić information content (AvgIpc) is 2.17. The molecule has 1 aromatic carbocycles. The van der Waals surface area contributed by atoms with E-state index in [1.54, 1.807) is 0 Å². The maximum Gasteiger partial charge on any atom is 0.353 e. The van der Waals surface area contributed by atoms with Crippen molar-refractivity contribution in [2.24, 2.45) is 5.16 Å². The van der Waals surface area contributed by atoms with Gasteiger partial charge in [-0.1, -0.05) is 35.0 Å². The van der Waals surface area contributed by atoms with Crippen LogP contribution in [0.4, 0.5) is 0 Å². The topological polar surface area (TPSA) is 58.9 Å². The number of carbonyl (C=O) groups is 1. The molecule has 0 atom stereocenters. The van der Waals surface area contributed by atoms with Crippen LogP contribution in [0, 0.1) is 6.92 Å². The van der Waals surface area contributed by atoms with E-state index >= 15 is 0 Å². The summed E-state index contributed by atoms with van der Waals surface area (Å²) in [5.41, 5.74) is 2.05. The van der Waals surface area contributed by atoms with E-state index in [0.717, 1.165) is 11.1 Å². The summed E-state index contributed by atoms with van der Waals surface area (Å²) >= 11 is 0. The van der Waals surface area contributed by atoms with Gasteiger partial charge >= 0.3 is 5.97 Å². The van der Waals surface area contributed by atoms with Crippen molar-refractivity contribution < 1.29 is 14.7 Å². The Labute approximate surface area is 88.2 Å². The Bertz CT molecular complexity index is 385. The van der Waals surface area contributed by atoms with Crippen LogP contribution in [0.2, 0.25) is 0 Å². The van der Waals surface area contributed by atoms with Gasteiger partial charge in [0.1, 0.15) is 6.61 Å². The van der Waals surface area contributed by atoms with E-state index in [4.69, 9.17) is 9.94 Å². The standard InChI is InChI=1S/C11H13NO3/c1-8-4-3-5-10(6-8)7-15-12-9(2)11(13)14/h3-6H,7H2,1-2H3,(H,13,14). The van der Waals surface area contributed by atoms with Gasteiger partial charge in [-0.2, -0.15) is 0 Å². The van der Waals surface area contributed by atoms with Gasteiger partial charge in [0.2, 0.25) is 0 Å². The fraction of sp³-hybridized carbons (Fsp3) is 0.273. The largest absolute Gasteiger partial charge is 0.477 e. The third-order valence-corrected chi connectivity index (χ3v) is 1.82. The lowest BCUT2D eigenvalue weighted by Crippen LogP contribution is -2.08. The first-order valence-corrected chi connectivity index (χ1v) is 4.55. The van der Waals surface area contributed by atoms with Crippen LogP contribution in [0.1, 0.15) is 18.1 Å². The molecule has 0 aliphatic heterocycles. The molecule has 1 rings (SSSR count). The number of rotatable bonds is 4. The number of aliphatic carboxylic acids is 1. The van der Waals surface area contributed by atoms with E-state index in [1.165, 1.54) is 6.92 Å². The molecular formula is C11H13NO3. The Hall–Kier alpha value is -1.84. The van der Waals surface area contributed by atoms with Crippen molar-refractivity contribution >= 4 is 11.7 Å². The molecule has 0 aliphatic rings. The van der Waals surface area contributed by atoms with Crippen molar-refractivity contribution in [1.82, 2.24) is 0 Å². The highest BCUT2D eigenvalue weighted by Gasteiger charge is 2.01. The van der Waals surface area contributed by atoms with Crippen molar-refractivity contribution in [3.63, 3.8) is 0 Å². The summed E-state index contributed by atoms with van der Waals surface area (Å²) in [5, 5.41) is 12.0. The SMILES string of the molecule is CC(=NOCc1cccc(C)c1)C(=O)O. The van der Waals surface area contributed by atoms with Gasteiger partial charge in [-0.25, -0.2) is 4.79 Å². The first-order valence-electron chi connectivity index (χ1n) is 4.55. The normalized spacial score (nSPS) is 11.2. The minimum absolute atomic E-state index is 0.0531. The lowest BCUT2D eigenvalue weighted by atomic mass is 10.1. The quantitative estimate of drug-likeness (QED) is 0.606. The molecule has 0 fully saturated rings. The molecule has 80 valence electrons. The second-order valence-electron chi connectivity index (χ2n) is 3.24. The fourth-order valence-electron chi connectivity index (χ4n) is 1.04. The molecule has 0 saturated carbocycles. The van der Waals surface area contributed by atoms with Crippen molar-refractivity contribution in [1.29, 1.82) is 0 Å². The van der Waals surface area contributed by atoms with Gasteiger partial charge in [0.05, 0.1) is 0 Å². The number of aryl methyl sites for hydroxylation is 1. The zero-order valence-electron chi connectivity index (χ0n) is 8.73. The van der Waals surface area contributed by atoms with Gasteiger partial charge in [-0.05, 0) is 19.4 Å². The van der Waals surface area contributed by atoms with E-state index in [9.17, 15) is 4.79 Å². The number of benzene rings is 1. The third-order valence-electron chi connectivity index (χ3n) is 1.82.